The molecule has 0 aromatic carbocycles. The van der Waals surface area contributed by atoms with E-state index >= 15 is 0 Å². The summed E-state index contributed by atoms with van der Waals surface area (Å²) in [6, 6.07) is 0.456. The third kappa shape index (κ3) is 5.17. The lowest BCUT2D eigenvalue weighted by molar-refractivity contribution is 0.140. The van der Waals surface area contributed by atoms with Crippen LogP contribution < -0.4 is 5.32 Å². The highest BCUT2D eigenvalue weighted by Crippen LogP contribution is 2.18. The SMILES string of the molecule is CCCNC(CN1CCN(S(C)(=O)=O)CC1)C1CCOC1. The molecule has 0 saturated carbocycles. The van der Waals surface area contributed by atoms with E-state index < -0.39 is 10.0 Å². The highest BCUT2D eigenvalue weighted by molar-refractivity contribution is 7.88. The summed E-state index contributed by atoms with van der Waals surface area (Å²) in [6.07, 6.45) is 3.56. The molecule has 2 heterocycles. The molecule has 6 nitrogen and oxygen atoms in total. The Kier molecular flexibility index (Phi) is 6.43. The van der Waals surface area contributed by atoms with Crippen LogP contribution in [0.1, 0.15) is 19.8 Å². The molecule has 2 saturated heterocycles. The van der Waals surface area contributed by atoms with Crippen LogP contribution in [0, 0.1) is 5.92 Å². The molecule has 0 aromatic heterocycles. The minimum Gasteiger partial charge on any atom is -0.381 e. The molecule has 2 aliphatic heterocycles. The van der Waals surface area contributed by atoms with Gasteiger partial charge in [0.15, 0.2) is 0 Å². The van der Waals surface area contributed by atoms with Gasteiger partial charge in [0.25, 0.3) is 0 Å². The normalized spacial score (nSPS) is 27.0. The van der Waals surface area contributed by atoms with Gasteiger partial charge in [-0.1, -0.05) is 6.92 Å². The number of hydrogen-bond donors (Lipinski definition) is 1. The zero-order valence-corrected chi connectivity index (χ0v) is 14.1. The molecule has 0 aliphatic carbocycles. The van der Waals surface area contributed by atoms with E-state index in [-0.39, 0.29) is 0 Å². The number of nitrogens with one attached hydrogen (secondary N) is 1. The van der Waals surface area contributed by atoms with E-state index in [1.54, 1.807) is 4.31 Å². The van der Waals surface area contributed by atoms with Gasteiger partial charge < -0.3 is 10.1 Å². The number of nitrogens with zero attached hydrogens (tertiary/aromatic N) is 2. The number of hydrogen-bond acceptors (Lipinski definition) is 5. The van der Waals surface area contributed by atoms with Crippen molar-refractivity contribution in [3.8, 4) is 0 Å². The Bertz CT molecular complexity index is 402. The average molecular weight is 319 g/mol. The van der Waals surface area contributed by atoms with Crippen molar-refractivity contribution in [2.75, 3.05) is 58.7 Å². The van der Waals surface area contributed by atoms with E-state index in [9.17, 15) is 8.42 Å². The summed E-state index contributed by atoms with van der Waals surface area (Å²) in [5, 5.41) is 3.65. The van der Waals surface area contributed by atoms with E-state index in [0.717, 1.165) is 52.2 Å². The first-order valence-electron chi connectivity index (χ1n) is 7.99. The molecule has 0 aromatic rings. The first-order chi connectivity index (χ1) is 10.0. The van der Waals surface area contributed by atoms with Crippen LogP contribution in [0.5, 0.6) is 0 Å². The molecule has 0 spiro atoms. The van der Waals surface area contributed by atoms with E-state index in [4.69, 9.17) is 4.74 Å². The Morgan fingerprint density at radius 1 is 1.29 bits per heavy atom. The molecule has 124 valence electrons. The predicted molar refractivity (Wildman–Crippen MR) is 83.9 cm³/mol. The number of rotatable bonds is 7. The molecule has 2 rings (SSSR count). The van der Waals surface area contributed by atoms with Crippen LogP contribution in [-0.2, 0) is 14.8 Å². The summed E-state index contributed by atoms with van der Waals surface area (Å²) in [4.78, 5) is 2.38. The van der Waals surface area contributed by atoms with Gasteiger partial charge in [-0.2, -0.15) is 4.31 Å². The minimum absolute atomic E-state index is 0.456. The van der Waals surface area contributed by atoms with E-state index in [1.165, 1.54) is 6.26 Å². The molecule has 0 radical (unpaired) electrons. The zero-order valence-electron chi connectivity index (χ0n) is 13.3. The Balaban J connectivity index is 1.83. The lowest BCUT2D eigenvalue weighted by Crippen LogP contribution is -2.53. The number of piperazine rings is 1. The molecule has 2 aliphatic rings. The van der Waals surface area contributed by atoms with Gasteiger partial charge in [0.05, 0.1) is 12.9 Å². The van der Waals surface area contributed by atoms with Crippen LogP contribution in [-0.4, -0.2) is 82.4 Å². The Labute approximate surface area is 128 Å². The Morgan fingerprint density at radius 2 is 2.00 bits per heavy atom. The van der Waals surface area contributed by atoms with Gasteiger partial charge >= 0.3 is 0 Å². The molecule has 7 heteroatoms. The molecular weight excluding hydrogens is 290 g/mol. The van der Waals surface area contributed by atoms with Gasteiger partial charge in [0.2, 0.25) is 10.0 Å². The van der Waals surface area contributed by atoms with Gasteiger partial charge in [-0.25, -0.2) is 8.42 Å². The molecular formula is C14H29N3O3S. The Morgan fingerprint density at radius 3 is 2.52 bits per heavy atom. The van der Waals surface area contributed by atoms with Gasteiger partial charge in [0, 0.05) is 51.3 Å². The molecule has 0 amide bonds. The van der Waals surface area contributed by atoms with Crippen LogP contribution in [0.4, 0.5) is 0 Å². The van der Waals surface area contributed by atoms with Crippen molar-refractivity contribution in [2.45, 2.75) is 25.8 Å². The van der Waals surface area contributed by atoms with Crippen molar-refractivity contribution < 1.29 is 13.2 Å². The third-order valence-corrected chi connectivity index (χ3v) is 5.75. The zero-order chi connectivity index (χ0) is 15.3. The molecule has 2 atom stereocenters. The minimum atomic E-state index is -3.04. The maximum absolute atomic E-state index is 11.5. The van der Waals surface area contributed by atoms with Gasteiger partial charge in [0.1, 0.15) is 0 Å². The summed E-state index contributed by atoms with van der Waals surface area (Å²) in [5.74, 6) is 0.587. The fourth-order valence-electron chi connectivity index (χ4n) is 3.10. The molecule has 21 heavy (non-hydrogen) atoms. The van der Waals surface area contributed by atoms with Crippen molar-refractivity contribution in [1.82, 2.24) is 14.5 Å². The van der Waals surface area contributed by atoms with Crippen LogP contribution in [0.25, 0.3) is 0 Å². The van der Waals surface area contributed by atoms with E-state index in [1.807, 2.05) is 0 Å². The monoisotopic (exact) mass is 319 g/mol. The largest absolute Gasteiger partial charge is 0.381 e. The molecule has 2 unspecified atom stereocenters. The summed E-state index contributed by atoms with van der Waals surface area (Å²) in [7, 11) is -3.04. The summed E-state index contributed by atoms with van der Waals surface area (Å²) in [6.45, 7) is 8.80. The summed E-state index contributed by atoms with van der Waals surface area (Å²) >= 11 is 0. The standard InChI is InChI=1S/C14H29N3O3S/c1-3-5-15-14(13-4-10-20-12-13)11-16-6-8-17(9-7-16)21(2,18)19/h13-15H,3-12H2,1-2H3. The molecule has 2 fully saturated rings. The number of sulfonamides is 1. The van der Waals surface area contributed by atoms with Crippen LogP contribution >= 0.6 is 0 Å². The number of ether oxygens (including phenoxy) is 1. The first kappa shape index (κ1) is 17.1. The second-order valence-electron chi connectivity index (χ2n) is 6.15. The average Bonchev–Trinajstić information content (AvgIpc) is 2.97. The van der Waals surface area contributed by atoms with E-state index in [0.29, 0.717) is 25.0 Å². The maximum Gasteiger partial charge on any atom is 0.211 e. The van der Waals surface area contributed by atoms with Crippen LogP contribution in [0.3, 0.4) is 0 Å². The van der Waals surface area contributed by atoms with Gasteiger partial charge in [-0.15, -0.1) is 0 Å². The second-order valence-corrected chi connectivity index (χ2v) is 8.13. The van der Waals surface area contributed by atoms with Gasteiger partial charge in [-0.05, 0) is 19.4 Å². The van der Waals surface area contributed by atoms with Gasteiger partial charge in [-0.3, -0.25) is 4.90 Å². The highest BCUT2D eigenvalue weighted by atomic mass is 32.2. The highest BCUT2D eigenvalue weighted by Gasteiger charge is 2.29. The van der Waals surface area contributed by atoms with Crippen molar-refractivity contribution in [3.05, 3.63) is 0 Å². The smallest absolute Gasteiger partial charge is 0.211 e. The lowest BCUT2D eigenvalue weighted by Gasteiger charge is -2.36. The lowest BCUT2D eigenvalue weighted by atomic mass is 9.98. The third-order valence-electron chi connectivity index (χ3n) is 4.45. The molecule has 1 N–H and O–H groups in total. The fraction of sp³-hybridized carbons (Fsp3) is 1.00. The fourth-order valence-corrected chi connectivity index (χ4v) is 3.93. The van der Waals surface area contributed by atoms with Crippen molar-refractivity contribution >= 4 is 10.0 Å². The second kappa shape index (κ2) is 7.87. The summed E-state index contributed by atoms with van der Waals surface area (Å²) < 4.78 is 30.2. The van der Waals surface area contributed by atoms with Crippen LogP contribution in [0.2, 0.25) is 0 Å². The van der Waals surface area contributed by atoms with Crippen molar-refractivity contribution in [1.29, 1.82) is 0 Å². The van der Waals surface area contributed by atoms with Crippen molar-refractivity contribution in [3.63, 3.8) is 0 Å². The Hall–Kier alpha value is -0.210. The predicted octanol–water partition coefficient (Wildman–Crippen LogP) is -0.0317. The van der Waals surface area contributed by atoms with E-state index in [2.05, 4.69) is 17.1 Å². The quantitative estimate of drug-likeness (QED) is 0.714. The van der Waals surface area contributed by atoms with Crippen molar-refractivity contribution in [2.24, 2.45) is 5.92 Å². The molecule has 0 bridgehead atoms. The maximum atomic E-state index is 11.5. The first-order valence-corrected chi connectivity index (χ1v) is 9.84. The topological polar surface area (TPSA) is 61.9 Å². The summed E-state index contributed by atoms with van der Waals surface area (Å²) in [5.41, 5.74) is 0. The van der Waals surface area contributed by atoms with Crippen LogP contribution in [0.15, 0.2) is 0 Å².